The Kier molecular flexibility index (Phi) is 11.8. The summed E-state index contributed by atoms with van der Waals surface area (Å²) < 4.78 is 65.3. The number of aromatic nitrogens is 2. The van der Waals surface area contributed by atoms with Crippen LogP contribution in [-0.4, -0.2) is 57.5 Å². The summed E-state index contributed by atoms with van der Waals surface area (Å²) in [5, 5.41) is 4.41. The van der Waals surface area contributed by atoms with Crippen molar-refractivity contribution in [1.29, 1.82) is 0 Å². The summed E-state index contributed by atoms with van der Waals surface area (Å²) in [6, 6.07) is 43.5. The zero-order valence-corrected chi connectivity index (χ0v) is 30.8. The van der Waals surface area contributed by atoms with Crippen molar-refractivity contribution in [3.63, 3.8) is 0 Å². The molecular weight excluding hydrogens is 693 g/mol. The maximum atomic E-state index is 13.2. The van der Waals surface area contributed by atoms with E-state index >= 15 is 0 Å². The third-order valence-electron chi connectivity index (χ3n) is 8.68. The smallest absolute Gasteiger partial charge is 0.264 e. The molecule has 0 aliphatic heterocycles. The fraction of sp³-hybridized carbons (Fsp3) is 0.214. The molecule has 1 aromatic heterocycles. The Labute approximate surface area is 310 Å². The fourth-order valence-corrected chi connectivity index (χ4v) is 6.85. The first kappa shape index (κ1) is 37.1. The van der Waals surface area contributed by atoms with E-state index in [0.717, 1.165) is 22.9 Å². The van der Waals surface area contributed by atoms with Crippen molar-refractivity contribution in [3.05, 3.63) is 174 Å². The Bertz CT molecular complexity index is 2030. The first-order valence-corrected chi connectivity index (χ1v) is 18.8. The molecule has 0 fully saturated rings. The zero-order chi connectivity index (χ0) is 37.3. The first-order valence-electron chi connectivity index (χ1n) is 17.0. The molecule has 0 bridgehead atoms. The molecule has 0 radical (unpaired) electrons. The van der Waals surface area contributed by atoms with Crippen LogP contribution < -0.4 is 18.9 Å². The van der Waals surface area contributed by atoms with Crippen molar-refractivity contribution in [3.8, 4) is 23.0 Å². The van der Waals surface area contributed by atoms with Gasteiger partial charge in [0.15, 0.2) is 12.2 Å². The summed E-state index contributed by atoms with van der Waals surface area (Å²) in [4.78, 5) is 0. The van der Waals surface area contributed by atoms with E-state index in [2.05, 4.69) is 5.10 Å². The van der Waals surface area contributed by atoms with Crippen LogP contribution in [-0.2, 0) is 31.7 Å². The van der Waals surface area contributed by atoms with Crippen molar-refractivity contribution >= 4 is 10.1 Å². The van der Waals surface area contributed by atoms with Crippen LogP contribution in [0.3, 0.4) is 0 Å². The van der Waals surface area contributed by atoms with Gasteiger partial charge in [-0.15, -0.1) is 0 Å². The number of hydrogen-bond donors (Lipinski definition) is 0. The van der Waals surface area contributed by atoms with Gasteiger partial charge in [0.1, 0.15) is 34.7 Å². The summed E-state index contributed by atoms with van der Waals surface area (Å²) in [6.45, 7) is -0.255. The number of rotatable bonds is 17. The zero-order valence-electron chi connectivity index (χ0n) is 29.9. The molecule has 53 heavy (non-hydrogen) atoms. The van der Waals surface area contributed by atoms with E-state index in [-0.39, 0.29) is 6.61 Å². The molecule has 0 spiro atoms. The van der Waals surface area contributed by atoms with E-state index in [9.17, 15) is 8.42 Å². The number of methoxy groups -OCH3 is 2. The van der Waals surface area contributed by atoms with Crippen LogP contribution in [0, 0.1) is 0 Å². The minimum absolute atomic E-state index is 0.255. The molecule has 11 heteroatoms. The lowest BCUT2D eigenvalue weighted by Gasteiger charge is -2.39. The van der Waals surface area contributed by atoms with Gasteiger partial charge in [-0.3, -0.25) is 8.86 Å². The minimum atomic E-state index is -4.10. The van der Waals surface area contributed by atoms with E-state index in [1.807, 2.05) is 91.0 Å². The molecule has 0 saturated carbocycles. The van der Waals surface area contributed by atoms with E-state index < -0.39 is 34.0 Å². The van der Waals surface area contributed by atoms with Gasteiger partial charge in [0.2, 0.25) is 0 Å². The van der Waals surface area contributed by atoms with Crippen LogP contribution in [0.5, 0.6) is 23.0 Å². The van der Waals surface area contributed by atoms with Crippen LogP contribution in [0.4, 0.5) is 0 Å². The van der Waals surface area contributed by atoms with Gasteiger partial charge in [0.25, 0.3) is 10.1 Å². The molecule has 6 rings (SSSR count). The van der Waals surface area contributed by atoms with Crippen molar-refractivity contribution < 1.29 is 36.3 Å². The summed E-state index contributed by atoms with van der Waals surface area (Å²) >= 11 is 0. The highest BCUT2D eigenvalue weighted by molar-refractivity contribution is 7.86. The van der Waals surface area contributed by atoms with Crippen molar-refractivity contribution in [2.75, 3.05) is 27.1 Å². The van der Waals surface area contributed by atoms with Crippen molar-refractivity contribution in [2.24, 2.45) is 7.05 Å². The van der Waals surface area contributed by atoms with Gasteiger partial charge in [-0.2, -0.15) is 13.5 Å². The number of ether oxygens (including phenoxy) is 5. The average Bonchev–Trinajstić information content (AvgIpc) is 3.63. The lowest BCUT2D eigenvalue weighted by Crippen LogP contribution is -2.47. The Morgan fingerprint density at radius 1 is 0.642 bits per heavy atom. The average molecular weight is 735 g/mol. The molecule has 0 aliphatic rings. The summed E-state index contributed by atoms with van der Waals surface area (Å²) in [7, 11) is 0.847. The highest BCUT2D eigenvalue weighted by atomic mass is 32.2. The first-order chi connectivity index (χ1) is 25.7. The van der Waals surface area contributed by atoms with E-state index in [1.165, 1.54) is 0 Å². The Morgan fingerprint density at radius 2 is 1.08 bits per heavy atom. The molecular formula is C42H42N2O8S. The van der Waals surface area contributed by atoms with Crippen LogP contribution in [0.15, 0.2) is 152 Å². The monoisotopic (exact) mass is 734 g/mol. The summed E-state index contributed by atoms with van der Waals surface area (Å²) in [5.41, 5.74) is 1.93. The highest BCUT2D eigenvalue weighted by Crippen LogP contribution is 2.42. The van der Waals surface area contributed by atoms with E-state index in [1.54, 1.807) is 86.9 Å². The topological polar surface area (TPSA) is 107 Å². The maximum Gasteiger partial charge on any atom is 0.264 e. The second kappa shape index (κ2) is 16.8. The van der Waals surface area contributed by atoms with Gasteiger partial charge in [0, 0.05) is 18.8 Å². The van der Waals surface area contributed by atoms with Crippen molar-refractivity contribution in [2.45, 2.75) is 23.9 Å². The Balaban J connectivity index is 1.51. The largest absolute Gasteiger partial charge is 0.497 e. The number of benzene rings is 5. The molecule has 10 nitrogen and oxygen atoms in total. The molecule has 1 heterocycles. The lowest BCUT2D eigenvalue weighted by atomic mass is 9.80. The molecule has 3 atom stereocenters. The fourth-order valence-electron chi connectivity index (χ4n) is 6.23. The molecule has 0 aliphatic carbocycles. The van der Waals surface area contributed by atoms with E-state index in [0.29, 0.717) is 28.6 Å². The predicted molar refractivity (Wildman–Crippen MR) is 202 cm³/mol. The van der Waals surface area contributed by atoms with Crippen LogP contribution >= 0.6 is 0 Å². The Morgan fingerprint density at radius 3 is 1.47 bits per heavy atom. The summed E-state index contributed by atoms with van der Waals surface area (Å²) in [5.74, 6) is 2.17. The molecule has 5 aromatic carbocycles. The van der Waals surface area contributed by atoms with Crippen molar-refractivity contribution in [1.82, 2.24) is 9.78 Å². The van der Waals surface area contributed by atoms with Gasteiger partial charge in [-0.05, 0) is 65.2 Å². The standard InChI is InChI=1S/C42H42N2O8S/c1-44-29-31(28-43-44)40(50-37-24-20-35(47-2)21-25-37)41(51-38-26-22-36(48-3)23-27-38)39(52-53(4,45)46)30-49-42(32-14-8-5-9-15-32,33-16-10-6-11-17-33)34-18-12-7-13-19-34/h5-29,39-41H,30H2,1-4H3/t39-,40-,41-/m1/s1. The molecule has 6 aromatic rings. The van der Waals surface area contributed by atoms with Crippen LogP contribution in [0.25, 0.3) is 0 Å². The molecule has 0 unspecified atom stereocenters. The lowest BCUT2D eigenvalue weighted by molar-refractivity contribution is -0.0856. The van der Waals surface area contributed by atoms with Gasteiger partial charge in [-0.1, -0.05) is 91.0 Å². The van der Waals surface area contributed by atoms with Gasteiger partial charge < -0.3 is 23.7 Å². The second-order valence-corrected chi connectivity index (χ2v) is 13.9. The molecule has 0 N–H and O–H groups in total. The minimum Gasteiger partial charge on any atom is -0.497 e. The summed E-state index contributed by atoms with van der Waals surface area (Å²) in [6.07, 6.45) is 1.12. The normalized spacial score (nSPS) is 13.4. The third kappa shape index (κ3) is 9.07. The van der Waals surface area contributed by atoms with Gasteiger partial charge in [0.05, 0.1) is 33.3 Å². The number of aryl methyl sites for hydroxylation is 1. The Hall–Kier alpha value is -5.62. The predicted octanol–water partition coefficient (Wildman–Crippen LogP) is 7.36. The van der Waals surface area contributed by atoms with Gasteiger partial charge >= 0.3 is 0 Å². The van der Waals surface area contributed by atoms with E-state index in [4.69, 9.17) is 27.9 Å². The second-order valence-electron chi connectivity index (χ2n) is 12.3. The number of hydrogen-bond acceptors (Lipinski definition) is 9. The third-order valence-corrected chi connectivity index (χ3v) is 9.27. The molecule has 0 amide bonds. The molecule has 274 valence electrons. The molecule has 0 saturated heterocycles. The van der Waals surface area contributed by atoms with Crippen LogP contribution in [0.2, 0.25) is 0 Å². The SMILES string of the molecule is COc1ccc(O[C@@H]([C@H](Oc2ccc(OC)cc2)c2cnn(C)c2)[C@@H](COC(c2ccccc2)(c2ccccc2)c2ccccc2)OS(C)(=O)=O)cc1. The highest BCUT2D eigenvalue weighted by Gasteiger charge is 2.43. The van der Waals surface area contributed by atoms with Gasteiger partial charge in [-0.25, -0.2) is 0 Å². The maximum absolute atomic E-state index is 13.2. The number of nitrogens with zero attached hydrogens (tertiary/aromatic N) is 2. The van der Waals surface area contributed by atoms with Crippen LogP contribution in [0.1, 0.15) is 28.4 Å². The quantitative estimate of drug-likeness (QED) is 0.0702.